The van der Waals surface area contributed by atoms with Crippen LogP contribution in [0.3, 0.4) is 0 Å². The maximum atomic E-state index is 12.2. The Balaban J connectivity index is 2.26. The van der Waals surface area contributed by atoms with Gasteiger partial charge in [-0.2, -0.15) is 5.10 Å². The lowest BCUT2D eigenvalue weighted by Crippen LogP contribution is -2.24. The second-order valence-electron chi connectivity index (χ2n) is 5.89. The summed E-state index contributed by atoms with van der Waals surface area (Å²) in [6.45, 7) is 6.05. The highest BCUT2D eigenvalue weighted by atomic mass is 35.5. The highest BCUT2D eigenvalue weighted by molar-refractivity contribution is 6.30. The van der Waals surface area contributed by atoms with Gasteiger partial charge in [0.25, 0.3) is 5.56 Å². The van der Waals surface area contributed by atoms with Crippen molar-refractivity contribution in [1.29, 1.82) is 0 Å². The van der Waals surface area contributed by atoms with Crippen molar-refractivity contribution >= 4 is 22.6 Å². The second kappa shape index (κ2) is 4.70. The van der Waals surface area contributed by atoms with Crippen LogP contribution in [0.25, 0.3) is 22.4 Å². The highest BCUT2D eigenvalue weighted by Gasteiger charge is 2.20. The average Bonchev–Trinajstić information content (AvgIpc) is 2.83. The molecule has 0 saturated carbocycles. The van der Waals surface area contributed by atoms with Crippen LogP contribution in [0.15, 0.2) is 35.3 Å². The number of fused-ring (bicyclic) bond motifs is 1. The molecule has 0 aliphatic heterocycles. The lowest BCUT2D eigenvalue weighted by Gasteiger charge is -2.19. The van der Waals surface area contributed by atoms with E-state index in [2.05, 4.69) is 15.1 Å². The second-order valence-corrected chi connectivity index (χ2v) is 6.32. The van der Waals surface area contributed by atoms with Crippen LogP contribution >= 0.6 is 11.6 Å². The maximum Gasteiger partial charge on any atom is 0.262 e. The minimum atomic E-state index is -0.250. The molecule has 0 aliphatic carbocycles. The Kier molecular flexibility index (Phi) is 3.10. The Morgan fingerprint density at radius 2 is 1.86 bits per heavy atom. The number of halogens is 1. The van der Waals surface area contributed by atoms with Crippen LogP contribution in [0.4, 0.5) is 0 Å². The van der Waals surface area contributed by atoms with E-state index in [4.69, 9.17) is 11.6 Å². The number of nitrogens with one attached hydrogen (secondary N) is 1. The lowest BCUT2D eigenvalue weighted by molar-refractivity contribution is 0.366. The van der Waals surface area contributed by atoms with E-state index >= 15 is 0 Å². The zero-order valence-corrected chi connectivity index (χ0v) is 12.8. The van der Waals surface area contributed by atoms with Crippen LogP contribution in [0.2, 0.25) is 5.02 Å². The molecule has 0 radical (unpaired) electrons. The smallest absolute Gasteiger partial charge is 0.262 e. The van der Waals surface area contributed by atoms with E-state index in [1.54, 1.807) is 23.0 Å². The molecule has 5 nitrogen and oxygen atoms in total. The van der Waals surface area contributed by atoms with Crippen LogP contribution in [0.5, 0.6) is 0 Å². The van der Waals surface area contributed by atoms with Crippen molar-refractivity contribution in [1.82, 2.24) is 19.7 Å². The summed E-state index contributed by atoms with van der Waals surface area (Å²) in [5, 5.41) is 5.42. The number of aromatic amines is 1. The number of rotatable bonds is 1. The molecule has 1 N–H and O–H groups in total. The largest absolute Gasteiger partial charge is 0.306 e. The molecule has 0 spiro atoms. The molecule has 2 heterocycles. The van der Waals surface area contributed by atoms with E-state index in [-0.39, 0.29) is 11.1 Å². The maximum absolute atomic E-state index is 12.2. The quantitative estimate of drug-likeness (QED) is 0.751. The van der Waals surface area contributed by atoms with Crippen molar-refractivity contribution in [2.75, 3.05) is 0 Å². The molecule has 3 rings (SSSR count). The van der Waals surface area contributed by atoms with Gasteiger partial charge < -0.3 is 4.98 Å². The molecule has 0 unspecified atom stereocenters. The Morgan fingerprint density at radius 3 is 2.48 bits per heavy atom. The Morgan fingerprint density at radius 1 is 1.19 bits per heavy atom. The van der Waals surface area contributed by atoms with Crippen LogP contribution in [-0.4, -0.2) is 19.7 Å². The molecule has 3 aromatic rings. The van der Waals surface area contributed by atoms with Gasteiger partial charge in [0.15, 0.2) is 5.65 Å². The van der Waals surface area contributed by atoms with Crippen molar-refractivity contribution in [3.63, 3.8) is 0 Å². The number of hydrogen-bond acceptors (Lipinski definition) is 3. The van der Waals surface area contributed by atoms with E-state index in [9.17, 15) is 4.79 Å². The Bertz CT molecular complexity index is 856. The van der Waals surface area contributed by atoms with Crippen LogP contribution in [-0.2, 0) is 5.54 Å². The first-order chi connectivity index (χ1) is 9.86. The minimum Gasteiger partial charge on any atom is -0.306 e. The third-order valence-corrected chi connectivity index (χ3v) is 3.44. The molecule has 0 fully saturated rings. The minimum absolute atomic E-state index is 0.194. The average molecular weight is 303 g/mol. The normalized spacial score (nSPS) is 12.0. The summed E-state index contributed by atoms with van der Waals surface area (Å²) in [5.74, 6) is 0.509. The lowest BCUT2D eigenvalue weighted by atomic mass is 10.1. The number of H-pyrrole nitrogens is 1. The van der Waals surface area contributed by atoms with Crippen LogP contribution in [0.1, 0.15) is 20.8 Å². The summed E-state index contributed by atoms with van der Waals surface area (Å²) in [7, 11) is 0. The third-order valence-electron chi connectivity index (χ3n) is 3.19. The van der Waals surface area contributed by atoms with Gasteiger partial charge in [-0.3, -0.25) is 4.79 Å². The van der Waals surface area contributed by atoms with Crippen LogP contribution < -0.4 is 5.56 Å². The number of hydrogen-bond donors (Lipinski definition) is 1. The monoisotopic (exact) mass is 302 g/mol. The van der Waals surface area contributed by atoms with Gasteiger partial charge in [-0.15, -0.1) is 0 Å². The summed E-state index contributed by atoms with van der Waals surface area (Å²) in [4.78, 5) is 19.6. The molecule has 0 bridgehead atoms. The van der Waals surface area contributed by atoms with Crippen LogP contribution in [0, 0.1) is 0 Å². The SMILES string of the molecule is CC(C)(C)n1ncc2c(=O)[nH]c(-c3ccc(Cl)cc3)nc21. The molecule has 6 heteroatoms. The van der Waals surface area contributed by atoms with Crippen molar-refractivity contribution in [2.24, 2.45) is 0 Å². The predicted octanol–water partition coefficient (Wildman–Crippen LogP) is 3.20. The van der Waals surface area contributed by atoms with Gasteiger partial charge in [0.05, 0.1) is 11.7 Å². The van der Waals surface area contributed by atoms with E-state index in [0.717, 1.165) is 5.56 Å². The summed E-state index contributed by atoms with van der Waals surface area (Å²) in [6, 6.07) is 7.18. The first-order valence-corrected chi connectivity index (χ1v) is 6.98. The molecule has 108 valence electrons. The first kappa shape index (κ1) is 13.8. The zero-order valence-electron chi connectivity index (χ0n) is 12.0. The zero-order chi connectivity index (χ0) is 15.2. The number of aromatic nitrogens is 4. The fourth-order valence-corrected chi connectivity index (χ4v) is 2.28. The fraction of sp³-hybridized carbons (Fsp3) is 0.267. The predicted molar refractivity (Wildman–Crippen MR) is 83.6 cm³/mol. The molecule has 21 heavy (non-hydrogen) atoms. The van der Waals surface area contributed by atoms with Gasteiger partial charge in [-0.25, -0.2) is 9.67 Å². The summed E-state index contributed by atoms with van der Waals surface area (Å²) in [6.07, 6.45) is 1.55. The topological polar surface area (TPSA) is 63.6 Å². The standard InChI is InChI=1S/C15H15ClN4O/c1-15(2,3)20-13-11(8-17-20)14(21)19-12(18-13)9-4-6-10(16)7-5-9/h4-8H,1-3H3,(H,18,19,21). The summed E-state index contributed by atoms with van der Waals surface area (Å²) in [5.41, 5.74) is 0.941. The third kappa shape index (κ3) is 2.45. The number of nitrogens with zero attached hydrogens (tertiary/aromatic N) is 3. The van der Waals surface area contributed by atoms with Gasteiger partial charge in [0, 0.05) is 10.6 Å². The van der Waals surface area contributed by atoms with Crippen molar-refractivity contribution in [3.05, 3.63) is 45.8 Å². The van der Waals surface area contributed by atoms with Crippen molar-refractivity contribution in [2.45, 2.75) is 26.3 Å². The molecular formula is C15H15ClN4O. The van der Waals surface area contributed by atoms with E-state index in [0.29, 0.717) is 21.9 Å². The van der Waals surface area contributed by atoms with Gasteiger partial charge in [-0.05, 0) is 45.0 Å². The van der Waals surface area contributed by atoms with Gasteiger partial charge in [-0.1, -0.05) is 11.6 Å². The Hall–Kier alpha value is -2.14. The van der Waals surface area contributed by atoms with E-state index in [1.165, 1.54) is 0 Å². The summed E-state index contributed by atoms with van der Waals surface area (Å²) < 4.78 is 1.76. The molecule has 0 aliphatic rings. The Labute approximate surface area is 126 Å². The van der Waals surface area contributed by atoms with E-state index < -0.39 is 0 Å². The highest BCUT2D eigenvalue weighted by Crippen LogP contribution is 2.21. The first-order valence-electron chi connectivity index (χ1n) is 6.61. The molecule has 0 atom stereocenters. The van der Waals surface area contributed by atoms with E-state index in [1.807, 2.05) is 32.9 Å². The van der Waals surface area contributed by atoms with Gasteiger partial charge >= 0.3 is 0 Å². The fourth-order valence-electron chi connectivity index (χ4n) is 2.15. The molecule has 2 aromatic heterocycles. The van der Waals surface area contributed by atoms with Gasteiger partial charge in [0.2, 0.25) is 0 Å². The summed E-state index contributed by atoms with van der Waals surface area (Å²) >= 11 is 5.89. The molecule has 0 amide bonds. The van der Waals surface area contributed by atoms with Crippen molar-refractivity contribution < 1.29 is 0 Å². The van der Waals surface area contributed by atoms with Gasteiger partial charge in [0.1, 0.15) is 11.2 Å². The number of benzene rings is 1. The van der Waals surface area contributed by atoms with Crippen molar-refractivity contribution in [3.8, 4) is 11.4 Å². The molecular weight excluding hydrogens is 288 g/mol. The molecule has 0 saturated heterocycles. The molecule has 1 aromatic carbocycles.